The number of hydrogen-bond acceptors (Lipinski definition) is 4. The van der Waals surface area contributed by atoms with Gasteiger partial charge in [0.05, 0.1) is 12.4 Å². The fourth-order valence-corrected chi connectivity index (χ4v) is 1.68. The van der Waals surface area contributed by atoms with E-state index in [0.717, 1.165) is 11.1 Å². The molecule has 0 saturated heterocycles. The first kappa shape index (κ1) is 15.8. The van der Waals surface area contributed by atoms with Crippen LogP contribution in [0.2, 0.25) is 0 Å². The van der Waals surface area contributed by atoms with Gasteiger partial charge < -0.3 is 9.68 Å². The van der Waals surface area contributed by atoms with Crippen molar-refractivity contribution in [3.8, 4) is 0 Å². The Morgan fingerprint density at radius 2 is 1.05 bits per heavy atom. The van der Waals surface area contributed by atoms with Crippen LogP contribution in [0.25, 0.3) is 0 Å². The molecule has 0 spiro atoms. The standard InChI is InChI=1S/C18H20N2O2/c1-15-3-7-17(8-4-15)13-19-21-11-12-22-20-14-18-9-5-16(2)6-10-18/h3-10,13-14H,11-12H2,1-2H3. The Kier molecular flexibility index (Phi) is 6.18. The summed E-state index contributed by atoms with van der Waals surface area (Å²) >= 11 is 0. The fraction of sp³-hybridized carbons (Fsp3) is 0.222. The van der Waals surface area contributed by atoms with Crippen LogP contribution in [0.4, 0.5) is 0 Å². The van der Waals surface area contributed by atoms with Crippen LogP contribution >= 0.6 is 0 Å². The molecule has 4 heteroatoms. The first-order chi connectivity index (χ1) is 10.7. The zero-order chi connectivity index (χ0) is 15.6. The summed E-state index contributed by atoms with van der Waals surface area (Å²) in [5.74, 6) is 0. The van der Waals surface area contributed by atoms with Gasteiger partial charge in [0, 0.05) is 0 Å². The average Bonchev–Trinajstić information content (AvgIpc) is 2.53. The van der Waals surface area contributed by atoms with E-state index >= 15 is 0 Å². The molecule has 0 bridgehead atoms. The maximum Gasteiger partial charge on any atom is 0.153 e. The average molecular weight is 296 g/mol. The summed E-state index contributed by atoms with van der Waals surface area (Å²) in [7, 11) is 0. The molecule has 0 aliphatic rings. The van der Waals surface area contributed by atoms with Crippen LogP contribution in [-0.2, 0) is 9.68 Å². The second-order valence-electron chi connectivity index (χ2n) is 4.96. The van der Waals surface area contributed by atoms with Gasteiger partial charge in [-0.25, -0.2) is 0 Å². The smallest absolute Gasteiger partial charge is 0.153 e. The van der Waals surface area contributed by atoms with Gasteiger partial charge in [0.2, 0.25) is 0 Å². The lowest BCUT2D eigenvalue weighted by molar-refractivity contribution is 0.0553. The third-order valence-corrected chi connectivity index (χ3v) is 2.97. The molecule has 0 N–H and O–H groups in total. The molecule has 114 valence electrons. The summed E-state index contributed by atoms with van der Waals surface area (Å²) in [6.07, 6.45) is 3.35. The molecule has 0 amide bonds. The van der Waals surface area contributed by atoms with Crippen LogP contribution < -0.4 is 0 Å². The van der Waals surface area contributed by atoms with Crippen molar-refractivity contribution in [2.75, 3.05) is 13.2 Å². The first-order valence-electron chi connectivity index (χ1n) is 7.18. The molecule has 0 heterocycles. The summed E-state index contributed by atoms with van der Waals surface area (Å²) in [6.45, 7) is 4.80. The molecule has 4 nitrogen and oxygen atoms in total. The Morgan fingerprint density at radius 3 is 1.41 bits per heavy atom. The highest BCUT2D eigenvalue weighted by Crippen LogP contribution is 2.01. The highest BCUT2D eigenvalue weighted by Gasteiger charge is 1.90. The molecular formula is C18H20N2O2. The molecule has 2 aromatic rings. The zero-order valence-corrected chi connectivity index (χ0v) is 12.9. The number of benzene rings is 2. The van der Waals surface area contributed by atoms with Gasteiger partial charge in [-0.1, -0.05) is 70.0 Å². The molecule has 2 aromatic carbocycles. The molecule has 22 heavy (non-hydrogen) atoms. The van der Waals surface area contributed by atoms with Gasteiger partial charge in [0.25, 0.3) is 0 Å². The highest BCUT2D eigenvalue weighted by atomic mass is 16.7. The summed E-state index contributed by atoms with van der Waals surface area (Å²) in [6, 6.07) is 16.1. The summed E-state index contributed by atoms with van der Waals surface area (Å²) < 4.78 is 0. The number of nitrogens with zero attached hydrogens (tertiary/aromatic N) is 2. The Hall–Kier alpha value is -2.62. The SMILES string of the molecule is Cc1ccc(C=NOCCON=Cc2ccc(C)cc2)cc1. The monoisotopic (exact) mass is 296 g/mol. The topological polar surface area (TPSA) is 43.2 Å². The lowest BCUT2D eigenvalue weighted by Gasteiger charge is -1.99. The van der Waals surface area contributed by atoms with Gasteiger partial charge in [-0.05, 0) is 25.0 Å². The molecule has 2 rings (SSSR count). The lowest BCUT2D eigenvalue weighted by atomic mass is 10.2. The molecule has 0 aromatic heterocycles. The van der Waals surface area contributed by atoms with Crippen molar-refractivity contribution in [1.82, 2.24) is 0 Å². The van der Waals surface area contributed by atoms with E-state index in [4.69, 9.17) is 9.68 Å². The first-order valence-corrected chi connectivity index (χ1v) is 7.18. The van der Waals surface area contributed by atoms with Gasteiger partial charge in [-0.2, -0.15) is 0 Å². The van der Waals surface area contributed by atoms with Crippen LogP contribution in [0.3, 0.4) is 0 Å². The van der Waals surface area contributed by atoms with E-state index in [2.05, 4.69) is 10.3 Å². The second kappa shape index (κ2) is 8.62. The van der Waals surface area contributed by atoms with Gasteiger partial charge >= 0.3 is 0 Å². The fourth-order valence-electron chi connectivity index (χ4n) is 1.68. The predicted molar refractivity (Wildman–Crippen MR) is 89.5 cm³/mol. The van der Waals surface area contributed by atoms with Crippen molar-refractivity contribution in [3.63, 3.8) is 0 Å². The van der Waals surface area contributed by atoms with Crippen molar-refractivity contribution < 1.29 is 9.68 Å². The van der Waals surface area contributed by atoms with E-state index in [1.807, 2.05) is 62.4 Å². The van der Waals surface area contributed by atoms with Gasteiger partial charge in [-0.3, -0.25) is 0 Å². The summed E-state index contributed by atoms with van der Waals surface area (Å²) in [5.41, 5.74) is 4.45. The van der Waals surface area contributed by atoms with Crippen LogP contribution in [-0.4, -0.2) is 25.6 Å². The second-order valence-corrected chi connectivity index (χ2v) is 4.96. The Morgan fingerprint density at radius 1 is 0.682 bits per heavy atom. The third kappa shape index (κ3) is 5.79. The van der Waals surface area contributed by atoms with E-state index in [9.17, 15) is 0 Å². The number of hydrogen-bond donors (Lipinski definition) is 0. The van der Waals surface area contributed by atoms with E-state index in [1.54, 1.807) is 12.4 Å². The molecule has 0 aliphatic carbocycles. The van der Waals surface area contributed by atoms with Gasteiger partial charge in [0.15, 0.2) is 13.2 Å². The zero-order valence-electron chi connectivity index (χ0n) is 12.9. The minimum atomic E-state index is 0.355. The van der Waals surface area contributed by atoms with Crippen LogP contribution in [0, 0.1) is 13.8 Å². The Balaban J connectivity index is 1.61. The highest BCUT2D eigenvalue weighted by molar-refractivity contribution is 5.79. The van der Waals surface area contributed by atoms with E-state index in [-0.39, 0.29) is 0 Å². The number of oxime groups is 2. The summed E-state index contributed by atoms with van der Waals surface area (Å²) in [4.78, 5) is 10.2. The van der Waals surface area contributed by atoms with Crippen molar-refractivity contribution in [3.05, 3.63) is 70.8 Å². The Labute approximate surface area is 131 Å². The minimum Gasteiger partial charge on any atom is -0.392 e. The van der Waals surface area contributed by atoms with Crippen molar-refractivity contribution in [2.24, 2.45) is 10.3 Å². The van der Waals surface area contributed by atoms with E-state index in [1.165, 1.54) is 11.1 Å². The van der Waals surface area contributed by atoms with Crippen LogP contribution in [0.1, 0.15) is 22.3 Å². The number of rotatable bonds is 7. The Bertz CT molecular complexity index is 559. The molecule has 0 fully saturated rings. The van der Waals surface area contributed by atoms with E-state index in [0.29, 0.717) is 13.2 Å². The summed E-state index contributed by atoms with van der Waals surface area (Å²) in [5, 5.41) is 7.76. The van der Waals surface area contributed by atoms with E-state index < -0.39 is 0 Å². The molecule has 0 radical (unpaired) electrons. The van der Waals surface area contributed by atoms with Crippen molar-refractivity contribution in [2.45, 2.75) is 13.8 Å². The largest absolute Gasteiger partial charge is 0.392 e. The quantitative estimate of drug-likeness (QED) is 0.444. The van der Waals surface area contributed by atoms with Crippen LogP contribution in [0.15, 0.2) is 58.8 Å². The number of aryl methyl sites for hydroxylation is 2. The normalized spacial score (nSPS) is 11.2. The molecular weight excluding hydrogens is 276 g/mol. The molecule has 0 saturated carbocycles. The van der Waals surface area contributed by atoms with Crippen molar-refractivity contribution in [1.29, 1.82) is 0 Å². The molecule has 0 atom stereocenters. The molecule has 0 unspecified atom stereocenters. The van der Waals surface area contributed by atoms with Crippen LogP contribution in [0.5, 0.6) is 0 Å². The van der Waals surface area contributed by atoms with Gasteiger partial charge in [0.1, 0.15) is 0 Å². The third-order valence-electron chi connectivity index (χ3n) is 2.97. The lowest BCUT2D eigenvalue weighted by Crippen LogP contribution is -1.98. The van der Waals surface area contributed by atoms with Crippen molar-refractivity contribution >= 4 is 12.4 Å². The van der Waals surface area contributed by atoms with Gasteiger partial charge in [-0.15, -0.1) is 0 Å². The predicted octanol–water partition coefficient (Wildman–Crippen LogP) is 3.70. The minimum absolute atomic E-state index is 0.355. The maximum absolute atomic E-state index is 5.11. The maximum atomic E-state index is 5.11. The molecule has 0 aliphatic heterocycles.